The number of hydrogen-bond donors (Lipinski definition) is 3. The highest BCUT2D eigenvalue weighted by Crippen LogP contribution is 2.32. The summed E-state index contributed by atoms with van der Waals surface area (Å²) in [6, 6.07) is 12.6. The number of phenolic OH excluding ortho intramolecular Hbond substituents is 2. The van der Waals surface area contributed by atoms with Gasteiger partial charge in [0.1, 0.15) is 11.5 Å². The van der Waals surface area contributed by atoms with E-state index in [4.69, 9.17) is 0 Å². The molecule has 0 amide bonds. The van der Waals surface area contributed by atoms with Gasteiger partial charge in [0, 0.05) is 17.1 Å². The van der Waals surface area contributed by atoms with E-state index in [-0.39, 0.29) is 17.5 Å². The van der Waals surface area contributed by atoms with Crippen molar-refractivity contribution in [2.24, 2.45) is 0 Å². The zero-order chi connectivity index (χ0) is 13.8. The summed E-state index contributed by atoms with van der Waals surface area (Å²) in [4.78, 5) is 0. The Morgan fingerprint density at radius 3 is 2.37 bits per heavy atom. The fourth-order valence-electron chi connectivity index (χ4n) is 2.00. The molecule has 0 fully saturated rings. The van der Waals surface area contributed by atoms with Gasteiger partial charge in [0.05, 0.1) is 5.56 Å². The normalized spacial score (nSPS) is 12.3. The third-order valence-corrected chi connectivity index (χ3v) is 3.49. The van der Waals surface area contributed by atoms with Crippen LogP contribution in [-0.2, 0) is 6.54 Å². The molecule has 2 aromatic carbocycles. The van der Waals surface area contributed by atoms with Crippen molar-refractivity contribution in [1.82, 2.24) is 5.32 Å². The predicted octanol–water partition coefficient (Wildman–Crippen LogP) is 3.71. The van der Waals surface area contributed by atoms with Crippen LogP contribution in [0.3, 0.4) is 0 Å². The van der Waals surface area contributed by atoms with Crippen LogP contribution in [0.2, 0.25) is 0 Å². The lowest BCUT2D eigenvalue weighted by Crippen LogP contribution is -2.18. The maximum absolute atomic E-state index is 9.80. The molecule has 0 aliphatic heterocycles. The summed E-state index contributed by atoms with van der Waals surface area (Å²) >= 11 is 3.43. The fourth-order valence-corrected chi connectivity index (χ4v) is 2.45. The van der Waals surface area contributed by atoms with E-state index in [1.54, 1.807) is 18.2 Å². The van der Waals surface area contributed by atoms with Crippen molar-refractivity contribution < 1.29 is 10.2 Å². The summed E-state index contributed by atoms with van der Waals surface area (Å²) in [5, 5.41) is 22.9. The number of aromatic hydroxyl groups is 2. The van der Waals surface area contributed by atoms with Crippen LogP contribution in [0.5, 0.6) is 11.5 Å². The van der Waals surface area contributed by atoms with Crippen molar-refractivity contribution in [1.29, 1.82) is 0 Å². The Kier molecular flexibility index (Phi) is 4.45. The highest BCUT2D eigenvalue weighted by molar-refractivity contribution is 9.10. The first-order chi connectivity index (χ1) is 9.08. The molecule has 3 N–H and O–H groups in total. The second-order valence-corrected chi connectivity index (χ2v) is 5.36. The van der Waals surface area contributed by atoms with Gasteiger partial charge in [-0.3, -0.25) is 0 Å². The Morgan fingerprint density at radius 1 is 1.11 bits per heavy atom. The van der Waals surface area contributed by atoms with E-state index < -0.39 is 0 Å². The molecule has 0 bridgehead atoms. The molecule has 3 nitrogen and oxygen atoms in total. The molecule has 0 saturated carbocycles. The molecule has 0 radical (unpaired) electrons. The van der Waals surface area contributed by atoms with E-state index >= 15 is 0 Å². The van der Waals surface area contributed by atoms with Crippen molar-refractivity contribution >= 4 is 15.9 Å². The number of nitrogens with one attached hydrogen (secondary N) is 1. The van der Waals surface area contributed by atoms with Crippen molar-refractivity contribution in [3.63, 3.8) is 0 Å². The number of phenols is 2. The summed E-state index contributed by atoms with van der Waals surface area (Å²) in [5.74, 6) is 0.212. The van der Waals surface area contributed by atoms with Gasteiger partial charge < -0.3 is 15.5 Å². The minimum absolute atomic E-state index is 0.106. The summed E-state index contributed by atoms with van der Waals surface area (Å²) in [7, 11) is 0. The zero-order valence-corrected chi connectivity index (χ0v) is 12.2. The summed E-state index contributed by atoms with van der Waals surface area (Å²) < 4.78 is 1.03. The van der Waals surface area contributed by atoms with Crippen LogP contribution in [0.15, 0.2) is 46.9 Å². The topological polar surface area (TPSA) is 52.5 Å². The summed E-state index contributed by atoms with van der Waals surface area (Å²) in [6.07, 6.45) is 0. The molecule has 1 unspecified atom stereocenters. The minimum Gasteiger partial charge on any atom is -0.507 e. The van der Waals surface area contributed by atoms with Crippen LogP contribution in [0.1, 0.15) is 24.1 Å². The molecule has 1 atom stereocenters. The molecule has 4 heteroatoms. The van der Waals surface area contributed by atoms with Crippen LogP contribution in [0, 0.1) is 0 Å². The zero-order valence-electron chi connectivity index (χ0n) is 10.6. The molecule has 100 valence electrons. The maximum atomic E-state index is 9.80. The van der Waals surface area contributed by atoms with Crippen LogP contribution >= 0.6 is 15.9 Å². The average molecular weight is 322 g/mol. The summed E-state index contributed by atoms with van der Waals surface area (Å²) in [6.45, 7) is 2.57. The van der Waals surface area contributed by atoms with E-state index in [0.717, 1.165) is 10.0 Å². The van der Waals surface area contributed by atoms with Gasteiger partial charge in [-0.1, -0.05) is 34.1 Å². The van der Waals surface area contributed by atoms with E-state index in [9.17, 15) is 10.2 Å². The highest BCUT2D eigenvalue weighted by atomic mass is 79.9. The standard InChI is InChI=1S/C15H16BrNO2/c1-10(15-13(18)6-3-7-14(15)19)17-9-11-4-2-5-12(16)8-11/h2-8,10,17-19H,9H2,1H3. The lowest BCUT2D eigenvalue weighted by Gasteiger charge is -2.17. The van der Waals surface area contributed by atoms with Gasteiger partial charge in [-0.2, -0.15) is 0 Å². The predicted molar refractivity (Wildman–Crippen MR) is 79.2 cm³/mol. The molecule has 2 rings (SSSR count). The molecule has 2 aromatic rings. The lowest BCUT2D eigenvalue weighted by molar-refractivity contribution is 0.418. The molecule has 0 aliphatic carbocycles. The SMILES string of the molecule is CC(NCc1cccc(Br)c1)c1c(O)cccc1O. The first-order valence-corrected chi connectivity index (χ1v) is 6.86. The van der Waals surface area contributed by atoms with Gasteiger partial charge in [0.15, 0.2) is 0 Å². The Labute approximate surface area is 121 Å². The van der Waals surface area contributed by atoms with Crippen LogP contribution in [0.25, 0.3) is 0 Å². The van der Waals surface area contributed by atoms with E-state index in [1.165, 1.54) is 0 Å². The van der Waals surface area contributed by atoms with Crippen molar-refractivity contribution in [2.75, 3.05) is 0 Å². The largest absolute Gasteiger partial charge is 0.507 e. The van der Waals surface area contributed by atoms with E-state index in [1.807, 2.05) is 31.2 Å². The van der Waals surface area contributed by atoms with E-state index in [2.05, 4.69) is 21.2 Å². The van der Waals surface area contributed by atoms with Crippen molar-refractivity contribution in [3.05, 3.63) is 58.1 Å². The molecule has 19 heavy (non-hydrogen) atoms. The van der Waals surface area contributed by atoms with Crippen LogP contribution in [-0.4, -0.2) is 10.2 Å². The number of hydrogen-bond acceptors (Lipinski definition) is 3. The van der Waals surface area contributed by atoms with Gasteiger partial charge in [0.25, 0.3) is 0 Å². The van der Waals surface area contributed by atoms with Gasteiger partial charge >= 0.3 is 0 Å². The lowest BCUT2D eigenvalue weighted by atomic mass is 10.1. The fraction of sp³-hybridized carbons (Fsp3) is 0.200. The molecule has 0 aromatic heterocycles. The molecule has 0 spiro atoms. The second kappa shape index (κ2) is 6.08. The van der Waals surface area contributed by atoms with E-state index in [0.29, 0.717) is 12.1 Å². The molecular weight excluding hydrogens is 306 g/mol. The third-order valence-electron chi connectivity index (χ3n) is 2.99. The minimum atomic E-state index is -0.139. The monoisotopic (exact) mass is 321 g/mol. The average Bonchev–Trinajstić information content (AvgIpc) is 2.36. The van der Waals surface area contributed by atoms with Crippen LogP contribution < -0.4 is 5.32 Å². The van der Waals surface area contributed by atoms with Gasteiger partial charge in [-0.05, 0) is 36.8 Å². The first-order valence-electron chi connectivity index (χ1n) is 6.06. The smallest absolute Gasteiger partial charge is 0.124 e. The molecular formula is C15H16BrNO2. The first kappa shape index (κ1) is 13.9. The van der Waals surface area contributed by atoms with Gasteiger partial charge in [-0.15, -0.1) is 0 Å². The highest BCUT2D eigenvalue weighted by Gasteiger charge is 2.14. The Balaban J connectivity index is 2.07. The Hall–Kier alpha value is -1.52. The summed E-state index contributed by atoms with van der Waals surface area (Å²) in [5.41, 5.74) is 1.66. The van der Waals surface area contributed by atoms with Gasteiger partial charge in [0.2, 0.25) is 0 Å². The Morgan fingerprint density at radius 2 is 1.74 bits per heavy atom. The second-order valence-electron chi connectivity index (χ2n) is 4.44. The third kappa shape index (κ3) is 3.49. The number of halogens is 1. The molecule has 0 saturated heterocycles. The number of rotatable bonds is 4. The van der Waals surface area contributed by atoms with Crippen LogP contribution in [0.4, 0.5) is 0 Å². The number of benzene rings is 2. The van der Waals surface area contributed by atoms with Gasteiger partial charge in [-0.25, -0.2) is 0 Å². The molecule has 0 heterocycles. The quantitative estimate of drug-likeness (QED) is 0.804. The van der Waals surface area contributed by atoms with Crippen molar-refractivity contribution in [3.8, 4) is 11.5 Å². The Bertz CT molecular complexity index is 552. The maximum Gasteiger partial charge on any atom is 0.124 e. The van der Waals surface area contributed by atoms with Crippen molar-refractivity contribution in [2.45, 2.75) is 19.5 Å². The molecule has 0 aliphatic rings.